The highest BCUT2D eigenvalue weighted by molar-refractivity contribution is 5.35. The minimum atomic E-state index is 0.576. The van der Waals surface area contributed by atoms with Crippen molar-refractivity contribution in [2.24, 2.45) is 18.9 Å². The highest BCUT2D eigenvalue weighted by atomic mass is 16.5. The Bertz CT molecular complexity index is 425. The smallest absolute Gasteiger partial charge is 0.215 e. The molecule has 2 atom stereocenters. The molecule has 1 fully saturated rings. The zero-order chi connectivity index (χ0) is 14.0. The van der Waals surface area contributed by atoms with E-state index >= 15 is 0 Å². The van der Waals surface area contributed by atoms with Crippen LogP contribution in [0.5, 0.6) is 5.88 Å². The summed E-state index contributed by atoms with van der Waals surface area (Å²) >= 11 is 0. The number of nitrogens with one attached hydrogen (secondary N) is 1. The summed E-state index contributed by atoms with van der Waals surface area (Å²) in [6.45, 7) is 8.92. The second-order valence-corrected chi connectivity index (χ2v) is 6.12. The number of piperidine rings is 1. The van der Waals surface area contributed by atoms with E-state index in [0.29, 0.717) is 11.8 Å². The lowest BCUT2D eigenvalue weighted by molar-refractivity contribution is 0.271. The molecule has 2 heterocycles. The molecule has 0 aromatic carbocycles. The van der Waals surface area contributed by atoms with E-state index < -0.39 is 0 Å². The topological polar surface area (TPSA) is 39.1 Å². The molecule has 0 amide bonds. The van der Waals surface area contributed by atoms with Gasteiger partial charge in [0, 0.05) is 12.6 Å². The van der Waals surface area contributed by atoms with Crippen LogP contribution in [0, 0.1) is 18.8 Å². The van der Waals surface area contributed by atoms with Crippen LogP contribution >= 0.6 is 0 Å². The number of hydrogen-bond acceptors (Lipinski definition) is 3. The number of aromatic nitrogens is 2. The monoisotopic (exact) mass is 265 g/mol. The predicted molar refractivity (Wildman–Crippen MR) is 77.7 cm³/mol. The van der Waals surface area contributed by atoms with E-state index in [1.165, 1.54) is 18.4 Å². The van der Waals surface area contributed by atoms with Gasteiger partial charge in [-0.05, 0) is 50.6 Å². The van der Waals surface area contributed by atoms with Crippen LogP contribution < -0.4 is 10.1 Å². The number of hydrogen-bond donors (Lipinski definition) is 1. The van der Waals surface area contributed by atoms with Crippen molar-refractivity contribution in [3.63, 3.8) is 0 Å². The molecule has 2 unspecified atom stereocenters. The van der Waals surface area contributed by atoms with Crippen molar-refractivity contribution in [2.45, 2.75) is 39.5 Å². The van der Waals surface area contributed by atoms with Crippen molar-refractivity contribution in [3.8, 4) is 5.88 Å². The average molecular weight is 265 g/mol. The SMILES string of the molecule is COc1c(C2CCNCC2CC(C)C)c(C)nn1C. The molecule has 1 N–H and O–H groups in total. The molecular formula is C15H27N3O. The highest BCUT2D eigenvalue weighted by Gasteiger charge is 2.32. The van der Waals surface area contributed by atoms with Crippen LogP contribution in [-0.2, 0) is 7.05 Å². The molecule has 1 saturated heterocycles. The van der Waals surface area contributed by atoms with E-state index in [9.17, 15) is 0 Å². The lowest BCUT2D eigenvalue weighted by Gasteiger charge is -2.33. The minimum Gasteiger partial charge on any atom is -0.481 e. The minimum absolute atomic E-state index is 0.576. The third-order valence-corrected chi connectivity index (χ3v) is 4.16. The van der Waals surface area contributed by atoms with E-state index in [4.69, 9.17) is 4.74 Å². The van der Waals surface area contributed by atoms with E-state index in [0.717, 1.165) is 30.6 Å². The molecule has 1 aliphatic rings. The van der Waals surface area contributed by atoms with E-state index in [1.807, 2.05) is 11.7 Å². The van der Waals surface area contributed by atoms with Crippen LogP contribution in [0.4, 0.5) is 0 Å². The van der Waals surface area contributed by atoms with Gasteiger partial charge in [-0.3, -0.25) is 0 Å². The first-order valence-electron chi connectivity index (χ1n) is 7.32. The number of nitrogens with zero attached hydrogens (tertiary/aromatic N) is 2. The van der Waals surface area contributed by atoms with Gasteiger partial charge in [-0.2, -0.15) is 5.10 Å². The van der Waals surface area contributed by atoms with Crippen LogP contribution in [0.1, 0.15) is 43.9 Å². The maximum Gasteiger partial charge on any atom is 0.215 e. The van der Waals surface area contributed by atoms with Gasteiger partial charge >= 0.3 is 0 Å². The lowest BCUT2D eigenvalue weighted by Crippen LogP contribution is -2.36. The van der Waals surface area contributed by atoms with E-state index in [2.05, 4.69) is 31.2 Å². The standard InChI is InChI=1S/C15H27N3O/c1-10(2)8-12-9-16-7-6-13(12)14-11(3)17-18(4)15(14)19-5/h10,12-13,16H,6-9H2,1-5H3. The summed E-state index contributed by atoms with van der Waals surface area (Å²) in [7, 11) is 3.71. The fourth-order valence-electron chi connectivity index (χ4n) is 3.48. The molecule has 19 heavy (non-hydrogen) atoms. The Morgan fingerprint density at radius 3 is 2.84 bits per heavy atom. The number of ether oxygens (including phenoxy) is 1. The molecular weight excluding hydrogens is 238 g/mol. The molecule has 0 radical (unpaired) electrons. The average Bonchev–Trinajstić information content (AvgIpc) is 2.63. The maximum atomic E-state index is 5.58. The van der Waals surface area contributed by atoms with Crippen molar-refractivity contribution in [2.75, 3.05) is 20.2 Å². The van der Waals surface area contributed by atoms with Crippen molar-refractivity contribution in [1.29, 1.82) is 0 Å². The van der Waals surface area contributed by atoms with Crippen LogP contribution in [0.2, 0.25) is 0 Å². The second kappa shape index (κ2) is 5.95. The lowest BCUT2D eigenvalue weighted by atomic mass is 9.77. The summed E-state index contributed by atoms with van der Waals surface area (Å²) in [6.07, 6.45) is 2.44. The quantitative estimate of drug-likeness (QED) is 0.909. The Labute approximate surface area is 116 Å². The van der Waals surface area contributed by atoms with Crippen molar-refractivity contribution in [3.05, 3.63) is 11.3 Å². The van der Waals surface area contributed by atoms with Crippen LogP contribution in [0.25, 0.3) is 0 Å². The summed E-state index contributed by atoms with van der Waals surface area (Å²) in [4.78, 5) is 0. The predicted octanol–water partition coefficient (Wildman–Crippen LogP) is 2.48. The molecule has 4 nitrogen and oxygen atoms in total. The Balaban J connectivity index is 2.31. The van der Waals surface area contributed by atoms with Crippen molar-refractivity contribution < 1.29 is 4.74 Å². The van der Waals surface area contributed by atoms with Gasteiger partial charge in [0.2, 0.25) is 5.88 Å². The van der Waals surface area contributed by atoms with Gasteiger partial charge in [0.15, 0.2) is 0 Å². The van der Waals surface area contributed by atoms with Gasteiger partial charge in [-0.25, -0.2) is 4.68 Å². The molecule has 0 aliphatic carbocycles. The fraction of sp³-hybridized carbons (Fsp3) is 0.800. The zero-order valence-corrected chi connectivity index (χ0v) is 12.9. The van der Waals surface area contributed by atoms with E-state index in [1.54, 1.807) is 7.11 Å². The molecule has 0 saturated carbocycles. The largest absolute Gasteiger partial charge is 0.481 e. The molecule has 0 spiro atoms. The highest BCUT2D eigenvalue weighted by Crippen LogP contribution is 2.40. The molecule has 0 bridgehead atoms. The van der Waals surface area contributed by atoms with Crippen LogP contribution in [0.15, 0.2) is 0 Å². The van der Waals surface area contributed by atoms with Gasteiger partial charge in [0.05, 0.1) is 12.8 Å². The molecule has 1 aromatic rings. The van der Waals surface area contributed by atoms with Gasteiger partial charge in [0.25, 0.3) is 0 Å². The molecule has 1 aliphatic heterocycles. The van der Waals surface area contributed by atoms with Crippen molar-refractivity contribution >= 4 is 0 Å². The first-order valence-corrected chi connectivity index (χ1v) is 7.32. The van der Waals surface area contributed by atoms with Crippen molar-refractivity contribution in [1.82, 2.24) is 15.1 Å². The Morgan fingerprint density at radius 1 is 1.47 bits per heavy atom. The third-order valence-electron chi connectivity index (χ3n) is 4.16. The molecule has 1 aromatic heterocycles. The molecule has 2 rings (SSSR count). The van der Waals surface area contributed by atoms with Crippen LogP contribution in [0.3, 0.4) is 0 Å². The molecule has 4 heteroatoms. The summed E-state index contributed by atoms with van der Waals surface area (Å²) in [5.41, 5.74) is 2.46. The Kier molecular flexibility index (Phi) is 4.50. The van der Waals surface area contributed by atoms with Gasteiger partial charge in [-0.15, -0.1) is 0 Å². The second-order valence-electron chi connectivity index (χ2n) is 6.12. The van der Waals surface area contributed by atoms with E-state index in [-0.39, 0.29) is 0 Å². The molecule has 108 valence electrons. The summed E-state index contributed by atoms with van der Waals surface area (Å²) in [5, 5.41) is 8.08. The fourth-order valence-corrected chi connectivity index (χ4v) is 3.48. The van der Waals surface area contributed by atoms with Crippen LogP contribution in [-0.4, -0.2) is 30.0 Å². The zero-order valence-electron chi connectivity index (χ0n) is 12.9. The van der Waals surface area contributed by atoms with Gasteiger partial charge < -0.3 is 10.1 Å². The Morgan fingerprint density at radius 2 is 2.21 bits per heavy atom. The number of aryl methyl sites for hydroxylation is 2. The normalized spacial score (nSPS) is 23.9. The first kappa shape index (κ1) is 14.4. The summed E-state index contributed by atoms with van der Waals surface area (Å²) in [5.74, 6) is 2.94. The van der Waals surface area contributed by atoms with Gasteiger partial charge in [-0.1, -0.05) is 13.8 Å². The van der Waals surface area contributed by atoms with Gasteiger partial charge in [0.1, 0.15) is 0 Å². The summed E-state index contributed by atoms with van der Waals surface area (Å²) in [6, 6.07) is 0. The summed E-state index contributed by atoms with van der Waals surface area (Å²) < 4.78 is 7.46. The Hall–Kier alpha value is -1.03. The number of methoxy groups -OCH3 is 1. The maximum absolute atomic E-state index is 5.58. The first-order chi connectivity index (χ1) is 9.04. The third kappa shape index (κ3) is 2.94. The number of rotatable bonds is 4.